The summed E-state index contributed by atoms with van der Waals surface area (Å²) < 4.78 is 0. The van der Waals surface area contributed by atoms with Crippen LogP contribution in [0.1, 0.15) is 11.1 Å². The molecule has 0 bridgehead atoms. The van der Waals surface area contributed by atoms with Crippen LogP contribution < -0.4 is 0 Å². The predicted molar refractivity (Wildman–Crippen MR) is 64.7 cm³/mol. The summed E-state index contributed by atoms with van der Waals surface area (Å²) in [7, 11) is 0. The van der Waals surface area contributed by atoms with E-state index in [-0.39, 0.29) is 11.5 Å². The Labute approximate surface area is 94.8 Å². The van der Waals surface area contributed by atoms with Crippen LogP contribution in [-0.4, -0.2) is 10.2 Å². The Hall–Kier alpha value is -1.96. The topological polar surface area (TPSA) is 40.5 Å². The Balaban J connectivity index is 2.57. The number of hydrogen-bond donors (Lipinski definition) is 2. The molecule has 0 spiro atoms. The zero-order chi connectivity index (χ0) is 11.7. The molecule has 2 nitrogen and oxygen atoms in total. The number of aromatic hydroxyl groups is 2. The maximum Gasteiger partial charge on any atom is 0.129 e. The van der Waals surface area contributed by atoms with Crippen LogP contribution in [0.4, 0.5) is 0 Å². The highest BCUT2D eigenvalue weighted by molar-refractivity contribution is 5.73. The second-order valence-corrected chi connectivity index (χ2v) is 3.97. The highest BCUT2D eigenvalue weighted by Crippen LogP contribution is 2.36. The number of rotatable bonds is 1. The van der Waals surface area contributed by atoms with Gasteiger partial charge in [-0.05, 0) is 31.5 Å². The van der Waals surface area contributed by atoms with Gasteiger partial charge in [0.05, 0.1) is 0 Å². The molecule has 2 aromatic carbocycles. The van der Waals surface area contributed by atoms with Gasteiger partial charge < -0.3 is 10.2 Å². The molecule has 2 N–H and O–H groups in total. The fourth-order valence-corrected chi connectivity index (χ4v) is 1.66. The van der Waals surface area contributed by atoms with E-state index in [1.807, 2.05) is 31.2 Å². The molecule has 0 aromatic heterocycles. The van der Waals surface area contributed by atoms with Crippen molar-refractivity contribution in [2.45, 2.75) is 13.8 Å². The van der Waals surface area contributed by atoms with Gasteiger partial charge in [-0.2, -0.15) is 0 Å². The lowest BCUT2D eigenvalue weighted by atomic mass is 10.0. The quantitative estimate of drug-likeness (QED) is 0.764. The van der Waals surface area contributed by atoms with Crippen molar-refractivity contribution in [3.05, 3.63) is 47.5 Å². The molecule has 0 unspecified atom stereocenters. The number of benzene rings is 2. The number of hydrogen-bond acceptors (Lipinski definition) is 2. The molecule has 0 fully saturated rings. The van der Waals surface area contributed by atoms with Crippen LogP contribution >= 0.6 is 0 Å². The summed E-state index contributed by atoms with van der Waals surface area (Å²) in [4.78, 5) is 0. The van der Waals surface area contributed by atoms with Crippen molar-refractivity contribution in [3.8, 4) is 22.6 Å². The van der Waals surface area contributed by atoms with Crippen LogP contribution in [0.2, 0.25) is 0 Å². The monoisotopic (exact) mass is 214 g/mol. The largest absolute Gasteiger partial charge is 0.508 e. The van der Waals surface area contributed by atoms with Crippen LogP contribution in [0.15, 0.2) is 36.4 Å². The van der Waals surface area contributed by atoms with Gasteiger partial charge in [0, 0.05) is 11.1 Å². The number of phenols is 2. The molecule has 0 radical (unpaired) electrons. The van der Waals surface area contributed by atoms with Crippen molar-refractivity contribution in [1.82, 2.24) is 0 Å². The van der Waals surface area contributed by atoms with Crippen molar-refractivity contribution in [3.63, 3.8) is 0 Å². The smallest absolute Gasteiger partial charge is 0.129 e. The van der Waals surface area contributed by atoms with Gasteiger partial charge in [0.25, 0.3) is 0 Å². The highest BCUT2D eigenvalue weighted by Gasteiger charge is 2.09. The van der Waals surface area contributed by atoms with E-state index in [2.05, 4.69) is 0 Å². The lowest BCUT2D eigenvalue weighted by molar-refractivity contribution is 0.444. The van der Waals surface area contributed by atoms with E-state index in [9.17, 15) is 10.2 Å². The first-order chi connectivity index (χ1) is 7.59. The van der Waals surface area contributed by atoms with Crippen LogP contribution in [0, 0.1) is 13.8 Å². The van der Waals surface area contributed by atoms with Crippen molar-refractivity contribution >= 4 is 0 Å². The third-order valence-corrected chi connectivity index (χ3v) is 2.76. The van der Waals surface area contributed by atoms with Gasteiger partial charge >= 0.3 is 0 Å². The molecule has 0 amide bonds. The minimum absolute atomic E-state index is 0.119. The van der Waals surface area contributed by atoms with Gasteiger partial charge in [-0.25, -0.2) is 0 Å². The molecule has 82 valence electrons. The minimum atomic E-state index is 0.119. The van der Waals surface area contributed by atoms with E-state index >= 15 is 0 Å². The first-order valence-corrected chi connectivity index (χ1v) is 5.18. The molecule has 2 aromatic rings. The van der Waals surface area contributed by atoms with Gasteiger partial charge in [0.15, 0.2) is 0 Å². The lowest BCUT2D eigenvalue weighted by Gasteiger charge is -2.09. The van der Waals surface area contributed by atoms with Crippen molar-refractivity contribution < 1.29 is 10.2 Å². The molecule has 0 saturated carbocycles. The number of phenolic OH excluding ortho intramolecular Hbond substituents is 2. The SMILES string of the molecule is Cc1ccc(-c2ccc(O)c(C)c2O)cc1. The lowest BCUT2D eigenvalue weighted by Crippen LogP contribution is -1.83. The summed E-state index contributed by atoms with van der Waals surface area (Å²) >= 11 is 0. The van der Waals surface area contributed by atoms with Gasteiger partial charge in [-0.1, -0.05) is 29.8 Å². The maximum absolute atomic E-state index is 9.94. The zero-order valence-electron chi connectivity index (χ0n) is 9.36. The average Bonchev–Trinajstić information content (AvgIpc) is 2.28. The normalized spacial score (nSPS) is 10.4. The molecule has 0 heterocycles. The zero-order valence-corrected chi connectivity index (χ0v) is 9.36. The molecule has 0 aliphatic heterocycles. The first-order valence-electron chi connectivity index (χ1n) is 5.18. The fraction of sp³-hybridized carbons (Fsp3) is 0.143. The van der Waals surface area contributed by atoms with E-state index in [1.165, 1.54) is 5.56 Å². The van der Waals surface area contributed by atoms with Crippen LogP contribution in [0.25, 0.3) is 11.1 Å². The molecule has 0 aliphatic rings. The highest BCUT2D eigenvalue weighted by atomic mass is 16.3. The summed E-state index contributed by atoms with van der Waals surface area (Å²) in [5.74, 6) is 0.261. The Morgan fingerprint density at radius 2 is 1.44 bits per heavy atom. The van der Waals surface area contributed by atoms with Crippen LogP contribution in [0.5, 0.6) is 11.5 Å². The molecule has 2 rings (SSSR count). The van der Waals surface area contributed by atoms with Crippen LogP contribution in [-0.2, 0) is 0 Å². The van der Waals surface area contributed by atoms with E-state index in [0.29, 0.717) is 5.56 Å². The third-order valence-electron chi connectivity index (χ3n) is 2.76. The van der Waals surface area contributed by atoms with E-state index in [1.54, 1.807) is 19.1 Å². The Morgan fingerprint density at radius 3 is 2.06 bits per heavy atom. The van der Waals surface area contributed by atoms with E-state index in [0.717, 1.165) is 11.1 Å². The molecule has 16 heavy (non-hydrogen) atoms. The third kappa shape index (κ3) is 1.74. The molecule has 0 atom stereocenters. The van der Waals surface area contributed by atoms with Gasteiger partial charge in [0.1, 0.15) is 11.5 Å². The molecule has 2 heteroatoms. The van der Waals surface area contributed by atoms with Crippen molar-refractivity contribution in [2.24, 2.45) is 0 Å². The number of aryl methyl sites for hydroxylation is 1. The summed E-state index contributed by atoms with van der Waals surface area (Å²) in [6, 6.07) is 11.2. The maximum atomic E-state index is 9.94. The Bertz CT molecular complexity index is 513. The predicted octanol–water partition coefficient (Wildman–Crippen LogP) is 3.38. The fourth-order valence-electron chi connectivity index (χ4n) is 1.66. The average molecular weight is 214 g/mol. The van der Waals surface area contributed by atoms with Crippen molar-refractivity contribution in [1.29, 1.82) is 0 Å². The summed E-state index contributed by atoms with van der Waals surface area (Å²) in [6.45, 7) is 3.72. The minimum Gasteiger partial charge on any atom is -0.508 e. The molecular weight excluding hydrogens is 200 g/mol. The molecule has 0 aliphatic carbocycles. The summed E-state index contributed by atoms with van der Waals surface area (Å²) in [5.41, 5.74) is 3.39. The van der Waals surface area contributed by atoms with Gasteiger partial charge in [-0.15, -0.1) is 0 Å². The summed E-state index contributed by atoms with van der Waals surface area (Å²) in [5, 5.41) is 19.4. The van der Waals surface area contributed by atoms with Crippen molar-refractivity contribution in [2.75, 3.05) is 0 Å². The Kier molecular flexibility index (Phi) is 2.57. The second kappa shape index (κ2) is 3.89. The summed E-state index contributed by atoms with van der Waals surface area (Å²) in [6.07, 6.45) is 0. The standard InChI is InChI=1S/C14H14O2/c1-9-3-5-11(6-4-9)12-7-8-13(15)10(2)14(12)16/h3-8,15-16H,1-2H3. The first kappa shape index (κ1) is 10.6. The second-order valence-electron chi connectivity index (χ2n) is 3.97. The van der Waals surface area contributed by atoms with E-state index < -0.39 is 0 Å². The molecule has 0 saturated heterocycles. The van der Waals surface area contributed by atoms with E-state index in [4.69, 9.17) is 0 Å². The van der Waals surface area contributed by atoms with Crippen LogP contribution in [0.3, 0.4) is 0 Å². The molecular formula is C14H14O2. The van der Waals surface area contributed by atoms with Gasteiger partial charge in [-0.3, -0.25) is 0 Å². The Morgan fingerprint density at radius 1 is 0.812 bits per heavy atom. The van der Waals surface area contributed by atoms with Gasteiger partial charge in [0.2, 0.25) is 0 Å².